The van der Waals surface area contributed by atoms with Crippen molar-refractivity contribution in [2.45, 2.75) is 48.6 Å². The molecular formula is C24H24N2O9S2. The summed E-state index contributed by atoms with van der Waals surface area (Å²) in [5, 5.41) is 2.13. The van der Waals surface area contributed by atoms with Crippen molar-refractivity contribution in [1.82, 2.24) is 10.2 Å². The first-order valence-electron chi connectivity index (χ1n) is 11.3. The van der Waals surface area contributed by atoms with E-state index in [1.165, 1.54) is 24.3 Å². The molecule has 13 heteroatoms. The highest BCUT2D eigenvalue weighted by molar-refractivity contribution is 7.86. The Balaban J connectivity index is 1.49. The summed E-state index contributed by atoms with van der Waals surface area (Å²) >= 11 is 0. The van der Waals surface area contributed by atoms with E-state index in [-0.39, 0.29) is 51.7 Å². The van der Waals surface area contributed by atoms with Crippen molar-refractivity contribution in [3.63, 3.8) is 0 Å². The summed E-state index contributed by atoms with van der Waals surface area (Å²) in [6, 6.07) is 7.61. The zero-order valence-electron chi connectivity index (χ0n) is 19.9. The van der Waals surface area contributed by atoms with E-state index in [0.29, 0.717) is 0 Å². The first kappa shape index (κ1) is 26.8. The van der Waals surface area contributed by atoms with Crippen molar-refractivity contribution in [3.05, 3.63) is 58.7 Å². The average molecular weight is 549 g/mol. The highest BCUT2D eigenvalue weighted by Crippen LogP contribution is 2.32. The number of nitrogens with one attached hydrogen (secondary N) is 1. The van der Waals surface area contributed by atoms with Gasteiger partial charge >= 0.3 is 0 Å². The monoisotopic (exact) mass is 548 g/mol. The first-order valence-corrected chi connectivity index (χ1v) is 14.1. The van der Waals surface area contributed by atoms with Crippen LogP contribution in [0.15, 0.2) is 46.2 Å². The third kappa shape index (κ3) is 5.25. The molecule has 196 valence electrons. The van der Waals surface area contributed by atoms with Crippen LogP contribution in [0.2, 0.25) is 0 Å². The zero-order chi connectivity index (χ0) is 27.1. The number of rotatable bonds is 8. The van der Waals surface area contributed by atoms with E-state index >= 15 is 0 Å². The van der Waals surface area contributed by atoms with Gasteiger partial charge in [0.25, 0.3) is 21.9 Å². The Labute approximate surface area is 215 Å². The van der Waals surface area contributed by atoms with Crippen molar-refractivity contribution in [2.75, 3.05) is 12.4 Å². The van der Waals surface area contributed by atoms with E-state index in [4.69, 9.17) is 4.74 Å². The topological polar surface area (TPSA) is 164 Å². The number of hydrogen-bond acceptors (Lipinski definition) is 8. The second kappa shape index (κ2) is 10.2. The predicted molar refractivity (Wildman–Crippen MR) is 130 cm³/mol. The summed E-state index contributed by atoms with van der Waals surface area (Å²) in [6.07, 6.45) is -0.773. The van der Waals surface area contributed by atoms with Gasteiger partial charge < -0.3 is 4.74 Å². The van der Waals surface area contributed by atoms with Gasteiger partial charge in [-0.2, -0.15) is 8.42 Å². The van der Waals surface area contributed by atoms with Gasteiger partial charge in [0.1, 0.15) is 6.04 Å². The van der Waals surface area contributed by atoms with Gasteiger partial charge in [-0.25, -0.2) is 0 Å². The number of piperidine rings is 1. The van der Waals surface area contributed by atoms with Crippen LogP contribution in [0.4, 0.5) is 0 Å². The Kier molecular flexibility index (Phi) is 7.42. The second-order valence-corrected chi connectivity index (χ2v) is 11.6. The van der Waals surface area contributed by atoms with Gasteiger partial charge in [0, 0.05) is 12.0 Å². The summed E-state index contributed by atoms with van der Waals surface area (Å²) in [6.45, 7) is 3.26. The lowest BCUT2D eigenvalue weighted by molar-refractivity contribution is -0.136. The van der Waals surface area contributed by atoms with Crippen LogP contribution in [0.1, 0.15) is 57.7 Å². The minimum Gasteiger partial charge on any atom is -0.373 e. The Morgan fingerprint density at radius 3 is 2.57 bits per heavy atom. The quantitative estimate of drug-likeness (QED) is 0.368. The molecule has 0 aromatic heterocycles. The molecule has 2 aromatic rings. The van der Waals surface area contributed by atoms with E-state index in [2.05, 4.69) is 5.32 Å². The van der Waals surface area contributed by atoms with Gasteiger partial charge in [0.15, 0.2) is 0 Å². The number of ether oxygens (including phenoxy) is 1. The number of hydrogen-bond donors (Lipinski definition) is 2. The number of carbonyl (C=O) groups excluding carboxylic acids is 4. The maximum atomic E-state index is 13.2. The van der Waals surface area contributed by atoms with Crippen molar-refractivity contribution in [1.29, 1.82) is 0 Å². The molecule has 2 aliphatic rings. The second-order valence-electron chi connectivity index (χ2n) is 8.70. The molecule has 0 radical (unpaired) electrons. The number of nitrogens with zero attached hydrogens (tertiary/aromatic N) is 1. The van der Waals surface area contributed by atoms with Crippen molar-refractivity contribution < 1.29 is 41.1 Å². The van der Waals surface area contributed by atoms with Crippen LogP contribution in [-0.2, 0) is 35.2 Å². The molecule has 0 spiro atoms. The standard InChI is InChI=1S/C24H24N2O9S2/c1-13-6-8-19(37(32,33)34)16(12-13)14(2)35-10-11-36(31)18-5-3-4-15-21(18)24(30)26(23(15)29)17-7-9-20(27)25-22(17)28/h3-6,8,12,14,17H,7,9-11H2,1-2H3,(H,25,27,28)(H,32,33,34). The van der Waals surface area contributed by atoms with Crippen molar-refractivity contribution in [2.24, 2.45) is 0 Å². The van der Waals surface area contributed by atoms with Crippen molar-refractivity contribution in [3.8, 4) is 0 Å². The van der Waals surface area contributed by atoms with Crippen LogP contribution in [0, 0.1) is 6.92 Å². The van der Waals surface area contributed by atoms with Crippen LogP contribution in [0.3, 0.4) is 0 Å². The lowest BCUT2D eigenvalue weighted by atomic mass is 10.0. The third-order valence-electron chi connectivity index (χ3n) is 6.19. The van der Waals surface area contributed by atoms with Crippen molar-refractivity contribution >= 4 is 44.5 Å². The Bertz CT molecular complexity index is 1450. The minimum atomic E-state index is -4.48. The van der Waals surface area contributed by atoms with Crippen LogP contribution < -0.4 is 5.32 Å². The van der Waals surface area contributed by atoms with Crippen LogP contribution in [-0.4, -0.2) is 64.1 Å². The summed E-state index contributed by atoms with van der Waals surface area (Å²) in [5.41, 5.74) is 0.961. The van der Waals surface area contributed by atoms with Gasteiger partial charge in [0.05, 0.1) is 50.2 Å². The molecule has 2 N–H and O–H groups in total. The Morgan fingerprint density at radius 2 is 1.89 bits per heavy atom. The fourth-order valence-corrected chi connectivity index (χ4v) is 6.28. The normalized spacial score (nSPS) is 19.5. The molecular weight excluding hydrogens is 524 g/mol. The fraction of sp³-hybridized carbons (Fsp3) is 0.333. The number of fused-ring (bicyclic) bond motifs is 1. The van der Waals surface area contributed by atoms with E-state index in [1.807, 2.05) is 0 Å². The number of amides is 4. The van der Waals surface area contributed by atoms with Crippen LogP contribution >= 0.6 is 0 Å². The molecule has 0 aliphatic carbocycles. The maximum absolute atomic E-state index is 13.2. The number of benzene rings is 2. The lowest BCUT2D eigenvalue weighted by Crippen LogP contribution is -2.54. The largest absolute Gasteiger partial charge is 0.373 e. The summed E-state index contributed by atoms with van der Waals surface area (Å²) in [4.78, 5) is 50.5. The van der Waals surface area contributed by atoms with Gasteiger partial charge in [0.2, 0.25) is 11.8 Å². The van der Waals surface area contributed by atoms with Gasteiger partial charge in [-0.3, -0.25) is 38.2 Å². The molecule has 0 saturated carbocycles. The SMILES string of the molecule is Cc1ccc(S(=O)(=O)O)c(C(C)OCCS(=O)c2cccc3c2C(=O)N(C2CCC(=O)NC2=O)C3=O)c1. The number of imide groups is 2. The van der Waals surface area contributed by atoms with Gasteiger partial charge in [-0.05, 0) is 38.5 Å². The molecule has 37 heavy (non-hydrogen) atoms. The number of carbonyl (C=O) groups is 4. The summed E-state index contributed by atoms with van der Waals surface area (Å²) in [5.74, 6) is -2.76. The fourth-order valence-electron chi connectivity index (χ4n) is 4.39. The predicted octanol–water partition coefficient (Wildman–Crippen LogP) is 1.53. The van der Waals surface area contributed by atoms with E-state index < -0.39 is 56.7 Å². The molecule has 2 aromatic carbocycles. The minimum absolute atomic E-state index is 0.00476. The van der Waals surface area contributed by atoms with Crippen LogP contribution in [0.25, 0.3) is 0 Å². The molecule has 3 atom stereocenters. The van der Waals surface area contributed by atoms with Gasteiger partial charge in [-0.1, -0.05) is 23.8 Å². The average Bonchev–Trinajstić information content (AvgIpc) is 3.08. The molecule has 3 unspecified atom stereocenters. The molecule has 2 aliphatic heterocycles. The molecule has 4 rings (SSSR count). The molecule has 4 amide bonds. The maximum Gasteiger partial charge on any atom is 0.294 e. The van der Waals surface area contributed by atoms with E-state index in [9.17, 15) is 36.4 Å². The smallest absolute Gasteiger partial charge is 0.294 e. The first-order chi connectivity index (χ1) is 17.4. The molecule has 0 bridgehead atoms. The van der Waals surface area contributed by atoms with Gasteiger partial charge in [-0.15, -0.1) is 0 Å². The number of aryl methyl sites for hydroxylation is 1. The van der Waals surface area contributed by atoms with E-state index in [0.717, 1.165) is 10.5 Å². The van der Waals surface area contributed by atoms with E-state index in [1.54, 1.807) is 26.0 Å². The molecule has 2 heterocycles. The Morgan fingerprint density at radius 1 is 1.16 bits per heavy atom. The zero-order valence-corrected chi connectivity index (χ0v) is 21.6. The lowest BCUT2D eigenvalue weighted by Gasteiger charge is -2.27. The third-order valence-corrected chi connectivity index (χ3v) is 8.49. The summed E-state index contributed by atoms with van der Waals surface area (Å²) in [7, 11) is -6.26. The molecule has 11 nitrogen and oxygen atoms in total. The Hall–Kier alpha value is -3.26. The molecule has 1 fully saturated rings. The highest BCUT2D eigenvalue weighted by atomic mass is 32.2. The highest BCUT2D eigenvalue weighted by Gasteiger charge is 2.46. The summed E-state index contributed by atoms with van der Waals surface area (Å²) < 4.78 is 51.8. The molecule has 1 saturated heterocycles. The van der Waals surface area contributed by atoms with Crippen LogP contribution in [0.5, 0.6) is 0 Å².